The number of aromatic nitrogens is 5. The molecule has 164 valence electrons. The van der Waals surface area contributed by atoms with E-state index < -0.39 is 12.7 Å². The molecule has 0 fully saturated rings. The zero-order valence-electron chi connectivity index (χ0n) is 17.3. The lowest BCUT2D eigenvalue weighted by atomic mass is 10.0. The third kappa shape index (κ3) is 3.12. The normalized spacial score (nSPS) is 18.4. The topological polar surface area (TPSA) is 86.9 Å². The molecule has 0 saturated heterocycles. The first-order valence-corrected chi connectivity index (χ1v) is 10.2. The predicted octanol–water partition coefficient (Wildman–Crippen LogP) is 2.94. The first-order valence-electron chi connectivity index (χ1n) is 10.2. The molecule has 1 aromatic carbocycles. The second kappa shape index (κ2) is 7.13. The van der Waals surface area contributed by atoms with E-state index >= 15 is 0 Å². The minimum absolute atomic E-state index is 0.245. The van der Waals surface area contributed by atoms with Gasteiger partial charge in [0.15, 0.2) is 0 Å². The molecule has 1 N–H and O–H groups in total. The van der Waals surface area contributed by atoms with Gasteiger partial charge in [0.2, 0.25) is 5.88 Å². The number of hydrogen-bond donors (Lipinski definition) is 1. The summed E-state index contributed by atoms with van der Waals surface area (Å²) in [6, 6.07) is 6.38. The van der Waals surface area contributed by atoms with Gasteiger partial charge in [0.1, 0.15) is 5.82 Å². The average molecular weight is 446 g/mol. The average Bonchev–Trinajstić information content (AvgIpc) is 3.43. The smallest absolute Gasteiger partial charge is 0.388 e. The number of ether oxygens (including phenoxy) is 1. The highest BCUT2D eigenvalue weighted by molar-refractivity contribution is 5.97. The second-order valence-corrected chi connectivity index (χ2v) is 7.93. The zero-order valence-corrected chi connectivity index (χ0v) is 17.3. The number of nitrogens with one attached hydrogen (secondary N) is 1. The largest absolute Gasteiger partial charge is 0.417 e. The molecule has 3 aromatic heterocycles. The fourth-order valence-electron chi connectivity index (χ4n) is 4.59. The van der Waals surface area contributed by atoms with Crippen molar-refractivity contribution < 1.29 is 18.3 Å². The summed E-state index contributed by atoms with van der Waals surface area (Å²) < 4.78 is 34.5. The van der Waals surface area contributed by atoms with E-state index in [1.165, 1.54) is 12.3 Å². The third-order valence-electron chi connectivity index (χ3n) is 5.89. The van der Waals surface area contributed by atoms with Crippen LogP contribution in [0.25, 0.3) is 11.0 Å². The van der Waals surface area contributed by atoms with E-state index in [1.54, 1.807) is 10.9 Å². The van der Waals surface area contributed by atoms with E-state index in [0.29, 0.717) is 17.8 Å². The number of carbonyl (C=O) groups excluding carboxylic acids is 1. The van der Waals surface area contributed by atoms with Crippen LogP contribution >= 0.6 is 0 Å². The van der Waals surface area contributed by atoms with E-state index in [0.717, 1.165) is 22.2 Å². The molecule has 2 atom stereocenters. The van der Waals surface area contributed by atoms with Crippen molar-refractivity contribution in [2.75, 3.05) is 0 Å². The monoisotopic (exact) mass is 446 g/mol. The highest BCUT2D eigenvalue weighted by atomic mass is 19.3. The summed E-state index contributed by atoms with van der Waals surface area (Å²) in [4.78, 5) is 21.5. The van der Waals surface area contributed by atoms with Crippen molar-refractivity contribution in [1.29, 1.82) is 0 Å². The highest BCUT2D eigenvalue weighted by Gasteiger charge is 2.42. The Balaban J connectivity index is 1.50. The fraction of sp³-hybridized carbons (Fsp3) is 0.217. The van der Waals surface area contributed by atoms with E-state index in [2.05, 4.69) is 27.2 Å². The molecule has 4 aromatic rings. The van der Waals surface area contributed by atoms with Crippen molar-refractivity contribution in [3.8, 4) is 17.7 Å². The Kier molecular flexibility index (Phi) is 4.20. The standard InChI is InChI=1S/C23H16F2N6O2/c1-30-11-13(10-27-30)3-2-12-4-5-15-17(8-12)31-18-9-16(20(31)28-15)29-21(32)14-6-7-26-22(19(14)18)33-23(24)25/h4-8,10-11,16,18,23H,9H2,1H3,(H,29,32)/t16?,18-/m1/s1. The maximum Gasteiger partial charge on any atom is 0.388 e. The molecule has 8 nitrogen and oxygen atoms in total. The van der Waals surface area contributed by atoms with Crippen molar-refractivity contribution >= 4 is 16.9 Å². The lowest BCUT2D eigenvalue weighted by Crippen LogP contribution is -2.28. The summed E-state index contributed by atoms with van der Waals surface area (Å²) in [6.45, 7) is -3.05. The quantitative estimate of drug-likeness (QED) is 0.479. The number of alkyl halides is 2. The Bertz CT molecular complexity index is 1500. The molecule has 2 aliphatic rings. The number of amides is 1. The van der Waals surface area contributed by atoms with Gasteiger partial charge in [-0.15, -0.1) is 0 Å². The van der Waals surface area contributed by atoms with Gasteiger partial charge in [-0.05, 0) is 24.3 Å². The van der Waals surface area contributed by atoms with Crippen LogP contribution < -0.4 is 10.1 Å². The van der Waals surface area contributed by atoms with Crippen LogP contribution in [-0.4, -0.2) is 36.8 Å². The Morgan fingerprint density at radius 2 is 2.09 bits per heavy atom. The molecule has 2 aliphatic heterocycles. The van der Waals surface area contributed by atoms with Crippen LogP contribution in [0, 0.1) is 11.8 Å². The molecule has 0 radical (unpaired) electrons. The lowest BCUT2D eigenvalue weighted by Gasteiger charge is -2.20. The Hall–Kier alpha value is -4.26. The number of pyridine rings is 1. The van der Waals surface area contributed by atoms with Crippen LogP contribution in [-0.2, 0) is 7.05 Å². The van der Waals surface area contributed by atoms with Crippen LogP contribution in [0.5, 0.6) is 5.88 Å². The van der Waals surface area contributed by atoms with Gasteiger partial charge < -0.3 is 14.6 Å². The maximum absolute atomic E-state index is 13.1. The van der Waals surface area contributed by atoms with Gasteiger partial charge >= 0.3 is 6.61 Å². The Morgan fingerprint density at radius 1 is 1.24 bits per heavy atom. The van der Waals surface area contributed by atoms with Gasteiger partial charge in [0, 0.05) is 31.4 Å². The number of hydrogen-bond acceptors (Lipinski definition) is 5. The number of nitrogens with zero attached hydrogens (tertiary/aromatic N) is 5. The minimum atomic E-state index is -3.05. The van der Waals surface area contributed by atoms with Crippen molar-refractivity contribution in [3.05, 3.63) is 70.9 Å². The number of carbonyl (C=O) groups is 1. The Labute approximate surface area is 186 Å². The summed E-state index contributed by atoms with van der Waals surface area (Å²) in [5.74, 6) is 6.27. The molecule has 2 bridgehead atoms. The molecular weight excluding hydrogens is 430 g/mol. The predicted molar refractivity (Wildman–Crippen MR) is 113 cm³/mol. The first kappa shape index (κ1) is 19.4. The lowest BCUT2D eigenvalue weighted by molar-refractivity contribution is -0.0537. The molecule has 0 saturated carbocycles. The first-order chi connectivity index (χ1) is 16.0. The van der Waals surface area contributed by atoms with E-state index in [-0.39, 0.29) is 23.4 Å². The number of benzene rings is 1. The molecule has 6 rings (SSSR count). The summed E-state index contributed by atoms with van der Waals surface area (Å²) in [5.41, 5.74) is 3.69. The van der Waals surface area contributed by atoms with Crippen molar-refractivity contribution in [2.24, 2.45) is 7.05 Å². The van der Waals surface area contributed by atoms with E-state index in [9.17, 15) is 13.6 Å². The van der Waals surface area contributed by atoms with Gasteiger partial charge in [-0.25, -0.2) is 9.97 Å². The second-order valence-electron chi connectivity index (χ2n) is 7.93. The Morgan fingerprint density at radius 3 is 2.88 bits per heavy atom. The van der Waals surface area contributed by atoms with Crippen molar-refractivity contribution in [2.45, 2.75) is 25.1 Å². The molecule has 5 heterocycles. The number of rotatable bonds is 2. The van der Waals surface area contributed by atoms with Crippen molar-refractivity contribution in [3.63, 3.8) is 0 Å². The zero-order chi connectivity index (χ0) is 22.7. The van der Waals surface area contributed by atoms with Crippen LogP contribution in [0.3, 0.4) is 0 Å². The van der Waals surface area contributed by atoms with Crippen LogP contribution in [0.1, 0.15) is 51.4 Å². The number of halogens is 2. The minimum Gasteiger partial charge on any atom is -0.417 e. The van der Waals surface area contributed by atoms with Crippen LogP contribution in [0.15, 0.2) is 42.9 Å². The van der Waals surface area contributed by atoms with E-state index in [1.807, 2.05) is 36.0 Å². The van der Waals surface area contributed by atoms with Gasteiger partial charge in [-0.2, -0.15) is 13.9 Å². The molecule has 0 spiro atoms. The molecule has 10 heteroatoms. The van der Waals surface area contributed by atoms with Gasteiger partial charge in [-0.3, -0.25) is 9.48 Å². The molecule has 1 amide bonds. The summed E-state index contributed by atoms with van der Waals surface area (Å²) in [7, 11) is 1.82. The fourth-order valence-corrected chi connectivity index (χ4v) is 4.59. The van der Waals surface area contributed by atoms with Crippen molar-refractivity contribution in [1.82, 2.24) is 29.6 Å². The van der Waals surface area contributed by atoms with Gasteiger partial charge in [-0.1, -0.05) is 11.8 Å². The van der Waals surface area contributed by atoms with E-state index in [4.69, 9.17) is 9.72 Å². The molecule has 1 unspecified atom stereocenters. The van der Waals surface area contributed by atoms with Crippen LogP contribution in [0.2, 0.25) is 0 Å². The SMILES string of the molecule is Cn1cc(C#Cc2ccc3nc4n(c3c2)[C@@H]2CC4NC(=O)c3ccnc(OC(F)F)c32)cn1. The molecular formula is C23H16F2N6O2. The number of imidazole rings is 1. The highest BCUT2D eigenvalue weighted by Crippen LogP contribution is 2.46. The summed E-state index contributed by atoms with van der Waals surface area (Å²) in [6.07, 6.45) is 5.28. The summed E-state index contributed by atoms with van der Waals surface area (Å²) >= 11 is 0. The number of aryl methyl sites for hydroxylation is 1. The molecule has 33 heavy (non-hydrogen) atoms. The summed E-state index contributed by atoms with van der Waals surface area (Å²) in [5, 5.41) is 7.07. The number of fused-ring (bicyclic) bond motifs is 9. The van der Waals surface area contributed by atoms with Gasteiger partial charge in [0.05, 0.1) is 46.0 Å². The third-order valence-corrected chi connectivity index (χ3v) is 5.89. The molecule has 0 aliphatic carbocycles. The van der Waals surface area contributed by atoms with Gasteiger partial charge in [0.25, 0.3) is 5.91 Å². The maximum atomic E-state index is 13.1. The van der Waals surface area contributed by atoms with Crippen LogP contribution in [0.4, 0.5) is 8.78 Å².